The summed E-state index contributed by atoms with van der Waals surface area (Å²) in [4.78, 5) is 74.6. The molecular weight excluding hydrogens is 420 g/mol. The van der Waals surface area contributed by atoms with Gasteiger partial charge >= 0.3 is 75.1 Å². The fraction of sp³-hybridized carbons (Fsp3) is 0. The van der Waals surface area contributed by atoms with Gasteiger partial charge in [-0.05, 0) is 0 Å². The van der Waals surface area contributed by atoms with E-state index in [9.17, 15) is 57.4 Å². The summed E-state index contributed by atoms with van der Waals surface area (Å²) in [6, 6.07) is 0. The van der Waals surface area contributed by atoms with Crippen molar-refractivity contribution in [1.29, 1.82) is 0 Å². The number of rotatable bonds is 4. The maximum absolute atomic E-state index is 9.32. The van der Waals surface area contributed by atoms with Crippen LogP contribution in [-0.2, 0) is 45.4 Å². The van der Waals surface area contributed by atoms with E-state index in [1.807, 2.05) is 0 Å². The molecule has 22 heteroatoms. The first-order valence-electron chi connectivity index (χ1n) is 2.92. The van der Waals surface area contributed by atoms with E-state index in [2.05, 4.69) is 8.62 Å². The van der Waals surface area contributed by atoms with Crippen molar-refractivity contribution < 1.29 is 141 Å². The molecule has 0 amide bonds. The molecule has 0 radical (unpaired) electrons. The number of hydrogen-bond donors (Lipinski definition) is 0. The largest absolute Gasteiger partial charge is 5.00 e. The minimum absolute atomic E-state index is 0. The van der Waals surface area contributed by atoms with E-state index < -0.39 is 31.3 Å². The van der Waals surface area contributed by atoms with E-state index in [0.717, 1.165) is 0 Å². The van der Waals surface area contributed by atoms with Crippen molar-refractivity contribution in [2.24, 2.45) is 0 Å². The van der Waals surface area contributed by atoms with Gasteiger partial charge in [0, 0.05) is 0 Å². The molecule has 14 nitrogen and oxygen atoms in total. The second kappa shape index (κ2) is 15.0. The summed E-state index contributed by atoms with van der Waals surface area (Å²) in [6.07, 6.45) is 0. The molecule has 0 bridgehead atoms. The van der Waals surface area contributed by atoms with Gasteiger partial charge < -0.3 is 66.0 Å². The number of phosphoric acid groups is 4. The van der Waals surface area contributed by atoms with Crippen LogP contribution in [0, 0.1) is 0 Å². The average molecular weight is 420 g/mol. The van der Waals surface area contributed by atoms with E-state index in [1.54, 1.807) is 0 Å². The Morgan fingerprint density at radius 2 is 0.545 bits per heavy atom. The molecule has 0 rings (SSSR count). The summed E-state index contributed by atoms with van der Waals surface area (Å²) in [5, 5.41) is 0. The average Bonchev–Trinajstić information content (AvgIpc) is 1.64. The third-order valence-electron chi connectivity index (χ3n) is 0.400. The molecule has 0 saturated heterocycles. The van der Waals surface area contributed by atoms with Crippen molar-refractivity contribution in [3.05, 3.63) is 0 Å². The Balaban J connectivity index is -0.0000000492. The summed E-state index contributed by atoms with van der Waals surface area (Å²) in [7, 11) is -22.7. The van der Waals surface area contributed by atoms with Gasteiger partial charge in [0.05, 0.1) is 31.3 Å². The molecule has 0 aromatic heterocycles. The van der Waals surface area contributed by atoms with Crippen molar-refractivity contribution in [2.45, 2.75) is 0 Å². The first kappa shape index (κ1) is 39.8. The molecule has 0 aromatic rings. The summed E-state index contributed by atoms with van der Waals surface area (Å²) in [5.74, 6) is 0. The zero-order valence-corrected chi connectivity index (χ0v) is 15.9. The zero-order chi connectivity index (χ0) is 15.4. The van der Waals surface area contributed by atoms with E-state index in [4.69, 9.17) is 0 Å². The third-order valence-corrected chi connectivity index (χ3v) is 3.60. The SMILES string of the molecule is O=P([O-])([O-])OP(=O)([O-])[O-].O=P([O-])([O-])OP(=O)([O-])[O-].[Li+].[Li+].[Li+].[V+5]. The Morgan fingerprint density at radius 1 is 0.455 bits per heavy atom. The summed E-state index contributed by atoms with van der Waals surface area (Å²) in [5.41, 5.74) is 0. The molecule has 0 aromatic carbocycles. The minimum atomic E-state index is -5.68. The molecule has 112 valence electrons. The summed E-state index contributed by atoms with van der Waals surface area (Å²) >= 11 is 0. The standard InChI is InChI=1S/3Li.2H4O7P2.V/c;;;2*1-8(2,3)7-9(4,5)6;/h;;;2*(H2,1,2,3)(H2,4,5,6);/q3*+1;;;+5/p-8. The molecule has 22 heavy (non-hydrogen) atoms. The topological polar surface area (TPSA) is 271 Å². The maximum Gasteiger partial charge on any atom is 5.00 e. The molecule has 0 aliphatic carbocycles. The predicted octanol–water partition coefficient (Wildman–Crippen LogP) is -15.7. The van der Waals surface area contributed by atoms with Crippen LogP contribution in [0.3, 0.4) is 0 Å². The van der Waals surface area contributed by atoms with Crippen molar-refractivity contribution >= 4 is 31.3 Å². The van der Waals surface area contributed by atoms with Crippen LogP contribution < -0.4 is 95.7 Å². The van der Waals surface area contributed by atoms with E-state index >= 15 is 0 Å². The molecule has 0 atom stereocenters. The van der Waals surface area contributed by atoms with Crippen LogP contribution in [0.25, 0.3) is 0 Å². The molecule has 0 N–H and O–H groups in total. The van der Waals surface area contributed by atoms with Crippen molar-refractivity contribution in [3.63, 3.8) is 0 Å². The first-order valence-corrected chi connectivity index (χ1v) is 8.76. The Morgan fingerprint density at radius 3 is 0.545 bits per heavy atom. The molecule has 0 fully saturated rings. The van der Waals surface area contributed by atoms with Gasteiger partial charge in [-0.3, -0.25) is 0 Å². The molecule has 0 saturated carbocycles. The maximum atomic E-state index is 9.32. The Hall–Kier alpha value is 2.90. The molecular formula is Li3O14P4V. The normalized spacial score (nSPS) is 11.3. The van der Waals surface area contributed by atoms with Crippen LogP contribution in [0.15, 0.2) is 0 Å². The third kappa shape index (κ3) is 49.5. The van der Waals surface area contributed by atoms with Gasteiger partial charge in [-0.25, -0.2) is 0 Å². The monoisotopic (exact) mass is 420 g/mol. The molecule has 0 spiro atoms. The van der Waals surface area contributed by atoms with Crippen molar-refractivity contribution in [1.82, 2.24) is 0 Å². The van der Waals surface area contributed by atoms with Gasteiger partial charge in [-0.1, -0.05) is 0 Å². The van der Waals surface area contributed by atoms with Gasteiger partial charge in [-0.15, -0.1) is 0 Å². The van der Waals surface area contributed by atoms with Crippen LogP contribution in [-0.4, -0.2) is 0 Å². The Labute approximate surface area is 171 Å². The van der Waals surface area contributed by atoms with Crippen molar-refractivity contribution in [2.75, 3.05) is 0 Å². The molecule has 0 aliphatic heterocycles. The number of hydrogen-bond acceptors (Lipinski definition) is 14. The van der Waals surface area contributed by atoms with Gasteiger partial charge in [0.25, 0.3) is 0 Å². The van der Waals surface area contributed by atoms with Gasteiger partial charge in [0.15, 0.2) is 0 Å². The minimum Gasteiger partial charge on any atom is -0.790 e. The van der Waals surface area contributed by atoms with Crippen LogP contribution in [0.2, 0.25) is 0 Å². The quantitative estimate of drug-likeness (QED) is 0.302. The second-order valence-electron chi connectivity index (χ2n) is 1.95. The van der Waals surface area contributed by atoms with Gasteiger partial charge in [0.1, 0.15) is 0 Å². The Bertz CT molecular complexity index is 355. The molecule has 0 aliphatic rings. The van der Waals surface area contributed by atoms with Crippen molar-refractivity contribution in [3.8, 4) is 0 Å². The second-order valence-corrected chi connectivity index (χ2v) is 6.84. The van der Waals surface area contributed by atoms with Crippen LogP contribution >= 0.6 is 31.3 Å². The van der Waals surface area contributed by atoms with E-state index in [-0.39, 0.29) is 75.1 Å². The summed E-state index contributed by atoms with van der Waals surface area (Å²) in [6.45, 7) is 0. The first-order chi connectivity index (χ1) is 7.41. The van der Waals surface area contributed by atoms with Crippen LogP contribution in [0.5, 0.6) is 0 Å². The smallest absolute Gasteiger partial charge is 0.790 e. The van der Waals surface area contributed by atoms with Crippen LogP contribution in [0.1, 0.15) is 0 Å². The van der Waals surface area contributed by atoms with E-state index in [1.165, 1.54) is 0 Å². The predicted molar refractivity (Wildman–Crippen MR) is 32.6 cm³/mol. The fourth-order valence-corrected chi connectivity index (χ4v) is 2.20. The zero-order valence-electron chi connectivity index (χ0n) is 11.0. The molecule has 0 unspecified atom stereocenters. The fourth-order valence-electron chi connectivity index (χ4n) is 0.245. The Kier molecular flexibility index (Phi) is 27.2. The van der Waals surface area contributed by atoms with Crippen LogP contribution in [0.4, 0.5) is 0 Å². The van der Waals surface area contributed by atoms with Gasteiger partial charge in [0.2, 0.25) is 0 Å². The van der Waals surface area contributed by atoms with E-state index in [0.29, 0.717) is 0 Å². The molecule has 0 heterocycles. The summed E-state index contributed by atoms with van der Waals surface area (Å²) < 4.78 is 42.3. The van der Waals surface area contributed by atoms with Gasteiger partial charge in [-0.2, -0.15) is 0 Å².